The minimum absolute atomic E-state index is 0. The summed E-state index contributed by atoms with van der Waals surface area (Å²) in [5.74, 6) is -0.888. The van der Waals surface area contributed by atoms with Crippen molar-refractivity contribution in [3.8, 4) is 0 Å². The van der Waals surface area contributed by atoms with Crippen molar-refractivity contribution in [2.75, 3.05) is 49.1 Å². The zero-order chi connectivity index (χ0) is 23.1. The van der Waals surface area contributed by atoms with Crippen molar-refractivity contribution in [3.63, 3.8) is 0 Å². The quantitative estimate of drug-likeness (QED) is 0.577. The molecule has 2 fully saturated rings. The van der Waals surface area contributed by atoms with E-state index in [0.29, 0.717) is 21.2 Å². The summed E-state index contributed by atoms with van der Waals surface area (Å²) in [6.45, 7) is 5.83. The highest BCUT2D eigenvalue weighted by molar-refractivity contribution is 6.34. The summed E-state index contributed by atoms with van der Waals surface area (Å²) in [6.07, 6.45) is 3.69. The van der Waals surface area contributed by atoms with Gasteiger partial charge in [-0.2, -0.15) is 0 Å². The Hall–Kier alpha value is -2.19. The minimum Gasteiger partial charge on any atom is -0.370 e. The summed E-state index contributed by atoms with van der Waals surface area (Å²) >= 11 is 12.3. The Labute approximate surface area is 210 Å². The second kappa shape index (κ2) is 12.9. The minimum atomic E-state index is -0.450. The molecule has 2 heterocycles. The van der Waals surface area contributed by atoms with Gasteiger partial charge >= 0.3 is 0 Å². The highest BCUT2D eigenvalue weighted by Crippen LogP contribution is 2.29. The van der Waals surface area contributed by atoms with Gasteiger partial charge in [-0.3, -0.25) is 9.59 Å². The number of rotatable bonds is 4. The Morgan fingerprint density at radius 2 is 1.15 bits per heavy atom. The van der Waals surface area contributed by atoms with Gasteiger partial charge in [0.05, 0.1) is 21.4 Å². The number of halogens is 3. The van der Waals surface area contributed by atoms with Crippen molar-refractivity contribution in [2.24, 2.45) is 11.5 Å². The second-order valence-electron chi connectivity index (χ2n) is 7.85. The summed E-state index contributed by atoms with van der Waals surface area (Å²) < 4.78 is 0. The predicted octanol–water partition coefficient (Wildman–Crippen LogP) is 3.70. The third-order valence-electron chi connectivity index (χ3n) is 5.62. The molecule has 2 aliphatic rings. The van der Waals surface area contributed by atoms with Crippen LogP contribution in [0.4, 0.5) is 11.4 Å². The van der Waals surface area contributed by atoms with Gasteiger partial charge in [0.2, 0.25) is 11.8 Å². The van der Waals surface area contributed by atoms with Gasteiger partial charge in [-0.05, 0) is 55.7 Å². The van der Waals surface area contributed by atoms with Gasteiger partial charge in [-0.25, -0.2) is 0 Å². The number of nitrogens with two attached hydrogens (primary N) is 2. The van der Waals surface area contributed by atoms with E-state index < -0.39 is 11.8 Å². The Morgan fingerprint density at radius 3 is 1.55 bits per heavy atom. The largest absolute Gasteiger partial charge is 0.370 e. The van der Waals surface area contributed by atoms with E-state index in [2.05, 4.69) is 15.1 Å². The lowest BCUT2D eigenvalue weighted by Crippen LogP contribution is -2.43. The molecule has 2 aliphatic heterocycles. The van der Waals surface area contributed by atoms with Crippen molar-refractivity contribution in [2.45, 2.75) is 19.3 Å². The molecule has 0 atom stereocenters. The number of anilines is 2. The predicted molar refractivity (Wildman–Crippen MR) is 138 cm³/mol. The van der Waals surface area contributed by atoms with E-state index in [0.717, 1.165) is 50.6 Å². The summed E-state index contributed by atoms with van der Waals surface area (Å²) in [5, 5.41) is 4.47. The summed E-state index contributed by atoms with van der Waals surface area (Å²) in [7, 11) is 0. The molecule has 0 aliphatic carbocycles. The molecule has 5 N–H and O–H groups in total. The van der Waals surface area contributed by atoms with Crippen LogP contribution in [0.1, 0.15) is 40.0 Å². The molecule has 2 saturated heterocycles. The number of nitrogens with zero attached hydrogens (tertiary/aromatic N) is 2. The Morgan fingerprint density at radius 1 is 0.727 bits per heavy atom. The maximum Gasteiger partial charge on any atom is 0.248 e. The van der Waals surface area contributed by atoms with E-state index in [1.54, 1.807) is 24.3 Å². The van der Waals surface area contributed by atoms with E-state index in [1.165, 1.54) is 19.3 Å². The standard InChI is InChI=1S/C12H15ClN2O.C11H14ClN3O.ClH/c13-10-8-9(12(14)16)4-5-11(10)15-6-2-1-3-7-15;12-9-7-8(11(13)16)1-2-10(9)15-5-3-14-4-6-15;/h4-5,8H,1-3,6-7H2,(H2,14,16);1-2,7,14H,3-6H2,(H2,13,16);1H. The van der Waals surface area contributed by atoms with Crippen molar-refractivity contribution in [1.29, 1.82) is 0 Å². The summed E-state index contributed by atoms with van der Waals surface area (Å²) in [6, 6.07) is 10.5. The van der Waals surface area contributed by atoms with E-state index in [4.69, 9.17) is 34.7 Å². The molecule has 4 rings (SSSR count). The number of piperidine rings is 1. The summed E-state index contributed by atoms with van der Waals surface area (Å²) in [4.78, 5) is 26.4. The topological polar surface area (TPSA) is 105 Å². The second-order valence-corrected chi connectivity index (χ2v) is 8.66. The summed E-state index contributed by atoms with van der Waals surface area (Å²) in [5.41, 5.74) is 13.3. The van der Waals surface area contributed by atoms with Gasteiger partial charge in [0.25, 0.3) is 0 Å². The first-order valence-corrected chi connectivity index (χ1v) is 11.5. The fraction of sp³-hybridized carbons (Fsp3) is 0.391. The number of hydrogen-bond donors (Lipinski definition) is 3. The molecule has 7 nitrogen and oxygen atoms in total. The van der Waals surface area contributed by atoms with E-state index >= 15 is 0 Å². The van der Waals surface area contributed by atoms with E-state index in [-0.39, 0.29) is 12.4 Å². The number of nitrogens with one attached hydrogen (secondary N) is 1. The van der Waals surface area contributed by atoms with Gasteiger partial charge in [-0.15, -0.1) is 12.4 Å². The van der Waals surface area contributed by atoms with Crippen LogP contribution < -0.4 is 26.6 Å². The molecule has 2 aromatic rings. The van der Waals surface area contributed by atoms with Crippen LogP contribution in [0.15, 0.2) is 36.4 Å². The van der Waals surface area contributed by atoms with Gasteiger partial charge in [0.1, 0.15) is 0 Å². The van der Waals surface area contributed by atoms with Crippen LogP contribution in [-0.4, -0.2) is 51.1 Å². The molecule has 0 radical (unpaired) electrons. The first-order chi connectivity index (χ1) is 15.4. The first kappa shape index (κ1) is 27.1. The number of hydrogen-bond acceptors (Lipinski definition) is 5. The zero-order valence-corrected chi connectivity index (χ0v) is 20.7. The number of carbonyl (C=O) groups excluding carboxylic acids is 2. The molecule has 2 aromatic carbocycles. The maximum absolute atomic E-state index is 11.0. The number of amides is 2. The van der Waals surface area contributed by atoms with Crippen LogP contribution in [0, 0.1) is 0 Å². The molecule has 0 saturated carbocycles. The molecule has 0 bridgehead atoms. The fourth-order valence-electron chi connectivity index (χ4n) is 3.87. The molecule has 0 unspecified atom stereocenters. The number of benzene rings is 2. The Bertz CT molecular complexity index is 884. The van der Waals surface area contributed by atoms with Gasteiger partial charge in [0, 0.05) is 50.4 Å². The van der Waals surface area contributed by atoms with Crippen LogP contribution in [0.25, 0.3) is 0 Å². The molecule has 10 heteroatoms. The highest BCUT2D eigenvalue weighted by atomic mass is 35.5. The van der Waals surface area contributed by atoms with Crippen LogP contribution >= 0.6 is 35.6 Å². The fourth-order valence-corrected chi connectivity index (χ4v) is 4.47. The van der Waals surface area contributed by atoms with Crippen molar-refractivity contribution < 1.29 is 9.59 Å². The van der Waals surface area contributed by atoms with Crippen molar-refractivity contribution in [3.05, 3.63) is 57.6 Å². The van der Waals surface area contributed by atoms with Gasteiger partial charge < -0.3 is 26.6 Å². The van der Waals surface area contributed by atoms with Crippen LogP contribution in [0.3, 0.4) is 0 Å². The van der Waals surface area contributed by atoms with Gasteiger partial charge in [0.15, 0.2) is 0 Å². The van der Waals surface area contributed by atoms with Crippen molar-refractivity contribution >= 4 is 58.8 Å². The molecule has 0 aromatic heterocycles. The lowest BCUT2D eigenvalue weighted by molar-refractivity contribution is 0.0992. The van der Waals surface area contributed by atoms with Crippen molar-refractivity contribution in [1.82, 2.24) is 5.32 Å². The lowest BCUT2D eigenvalue weighted by Gasteiger charge is -2.30. The SMILES string of the molecule is Cl.NC(=O)c1ccc(N2CCCCC2)c(Cl)c1.NC(=O)c1ccc(N2CCNCC2)c(Cl)c1. The number of carbonyl (C=O) groups is 2. The van der Waals surface area contributed by atoms with Crippen LogP contribution in [0.5, 0.6) is 0 Å². The van der Waals surface area contributed by atoms with E-state index in [1.807, 2.05) is 12.1 Å². The third kappa shape index (κ3) is 7.40. The van der Waals surface area contributed by atoms with E-state index in [9.17, 15) is 9.59 Å². The average molecular weight is 515 g/mol. The smallest absolute Gasteiger partial charge is 0.248 e. The molecule has 180 valence electrons. The zero-order valence-electron chi connectivity index (χ0n) is 18.4. The number of piperazine rings is 1. The first-order valence-electron chi connectivity index (χ1n) is 10.8. The van der Waals surface area contributed by atoms with Gasteiger partial charge in [-0.1, -0.05) is 23.2 Å². The molecule has 33 heavy (non-hydrogen) atoms. The normalized spacial score (nSPS) is 15.7. The third-order valence-corrected chi connectivity index (χ3v) is 6.22. The highest BCUT2D eigenvalue weighted by Gasteiger charge is 2.15. The molecular weight excluding hydrogens is 485 g/mol. The Kier molecular flexibility index (Phi) is 10.6. The average Bonchev–Trinajstić information content (AvgIpc) is 2.80. The lowest BCUT2D eigenvalue weighted by atomic mass is 10.1. The number of primary amides is 2. The molecular formula is C23H30Cl3N5O2. The Balaban J connectivity index is 0.000000227. The monoisotopic (exact) mass is 513 g/mol. The maximum atomic E-state index is 11.0. The molecule has 0 spiro atoms. The van der Waals surface area contributed by atoms with Crippen LogP contribution in [0.2, 0.25) is 10.0 Å². The van der Waals surface area contributed by atoms with Crippen LogP contribution in [-0.2, 0) is 0 Å². The molecule has 2 amide bonds.